The number of allylic oxidation sites excluding steroid dienone is 2. The lowest BCUT2D eigenvalue weighted by Gasteiger charge is -2.29. The third-order valence-corrected chi connectivity index (χ3v) is 7.93. The van der Waals surface area contributed by atoms with Crippen LogP contribution in [0.1, 0.15) is 41.4 Å². The molecule has 1 saturated carbocycles. The summed E-state index contributed by atoms with van der Waals surface area (Å²) < 4.78 is 0. The zero-order chi connectivity index (χ0) is 27.5. The van der Waals surface area contributed by atoms with Crippen LogP contribution in [0, 0.1) is 0 Å². The van der Waals surface area contributed by atoms with Gasteiger partial charge in [0, 0.05) is 29.5 Å². The second kappa shape index (κ2) is 11.0. The van der Waals surface area contributed by atoms with Crippen molar-refractivity contribution in [2.45, 2.75) is 38.3 Å². The fraction of sp³-hybridized carbons (Fsp3) is 0.207. The van der Waals surface area contributed by atoms with Crippen LogP contribution in [-0.2, 0) is 4.79 Å². The SMILES string of the molecule is C=CC(=O)N[C@H]1CC[C@@H](NC(=O)c2sc3nccc4c3c2NC(=O)N4C(/C=C(\N=C)c2ccccc2)=C/C)C1. The van der Waals surface area contributed by atoms with E-state index in [1.807, 2.05) is 43.3 Å². The molecule has 39 heavy (non-hydrogen) atoms. The molecule has 1 fully saturated rings. The molecule has 2 aromatic heterocycles. The van der Waals surface area contributed by atoms with Crippen molar-refractivity contribution in [1.29, 1.82) is 0 Å². The van der Waals surface area contributed by atoms with Crippen LogP contribution in [0.4, 0.5) is 16.2 Å². The summed E-state index contributed by atoms with van der Waals surface area (Å²) in [6.45, 7) is 9.04. The normalized spacial score (nSPS) is 19.0. The zero-order valence-corrected chi connectivity index (χ0v) is 22.3. The van der Waals surface area contributed by atoms with Crippen LogP contribution in [0.25, 0.3) is 15.9 Å². The number of carbonyl (C=O) groups is 3. The molecule has 9 nitrogen and oxygen atoms in total. The van der Waals surface area contributed by atoms with Crippen LogP contribution < -0.4 is 20.9 Å². The average molecular weight is 541 g/mol. The van der Waals surface area contributed by atoms with Gasteiger partial charge in [-0.25, -0.2) is 9.78 Å². The van der Waals surface area contributed by atoms with Gasteiger partial charge in [-0.05, 0) is 51.1 Å². The second-order valence-corrected chi connectivity index (χ2v) is 10.2. The number of aliphatic imine (C=N–C) groups is 1. The smallest absolute Gasteiger partial charge is 0.331 e. The number of nitrogens with zero attached hydrogens (tertiary/aromatic N) is 3. The number of hydrogen-bond donors (Lipinski definition) is 3. The highest BCUT2D eigenvalue weighted by atomic mass is 32.1. The minimum absolute atomic E-state index is 0.0127. The first-order valence-corrected chi connectivity index (χ1v) is 13.4. The van der Waals surface area contributed by atoms with Gasteiger partial charge in [0.25, 0.3) is 5.91 Å². The van der Waals surface area contributed by atoms with Crippen molar-refractivity contribution in [3.05, 3.63) is 83.5 Å². The molecule has 2 atom stereocenters. The summed E-state index contributed by atoms with van der Waals surface area (Å²) in [5.41, 5.74) is 3.18. The molecule has 0 spiro atoms. The predicted octanol–water partition coefficient (Wildman–Crippen LogP) is 5.25. The molecule has 3 heterocycles. The van der Waals surface area contributed by atoms with E-state index in [1.54, 1.807) is 23.2 Å². The third kappa shape index (κ3) is 5.10. The van der Waals surface area contributed by atoms with Crippen molar-refractivity contribution in [3.8, 4) is 0 Å². The van der Waals surface area contributed by atoms with Crippen LogP contribution in [-0.4, -0.2) is 41.6 Å². The summed E-state index contributed by atoms with van der Waals surface area (Å²) in [6, 6.07) is 10.9. The molecule has 5 rings (SSSR count). The molecule has 4 amide bonds. The summed E-state index contributed by atoms with van der Waals surface area (Å²) in [6.07, 6.45) is 8.66. The lowest BCUT2D eigenvalue weighted by atomic mass is 10.1. The highest BCUT2D eigenvalue weighted by molar-refractivity contribution is 7.21. The number of benzene rings is 1. The van der Waals surface area contributed by atoms with Crippen LogP contribution in [0.2, 0.25) is 0 Å². The number of thiophene rings is 1. The van der Waals surface area contributed by atoms with E-state index >= 15 is 0 Å². The van der Waals surface area contributed by atoms with Gasteiger partial charge >= 0.3 is 6.03 Å². The quantitative estimate of drug-likeness (QED) is 0.206. The number of anilines is 2. The standard InChI is InChI=1S/C29H28N6O3S/c1-4-20(16-21(30-3)17-9-7-6-8-10-17)35-22-13-14-31-28-24(22)25(34-29(35)38)26(39-28)27(37)33-19-12-11-18(15-19)32-23(36)5-2/h4-10,13-14,16,18-19H,2-3,11-12,15H2,1H3,(H,32,36)(H,33,37)(H,34,38)/b20-4+,21-16-/t18-,19+/m0/s1. The minimum Gasteiger partial charge on any atom is -0.350 e. The Kier molecular flexibility index (Phi) is 7.38. The number of nitrogens with one attached hydrogen (secondary N) is 3. The molecule has 0 unspecified atom stereocenters. The van der Waals surface area contributed by atoms with Gasteiger partial charge in [-0.3, -0.25) is 19.5 Å². The Hall–Kier alpha value is -4.57. The fourth-order valence-corrected chi connectivity index (χ4v) is 6.02. The Morgan fingerprint density at radius 1 is 1.18 bits per heavy atom. The summed E-state index contributed by atoms with van der Waals surface area (Å²) in [5.74, 6) is -0.497. The molecule has 0 radical (unpaired) electrons. The van der Waals surface area contributed by atoms with E-state index in [-0.39, 0.29) is 23.9 Å². The molecular formula is C29H28N6O3S. The van der Waals surface area contributed by atoms with E-state index in [0.717, 1.165) is 18.4 Å². The Bertz CT molecular complexity index is 1540. The largest absolute Gasteiger partial charge is 0.350 e. The van der Waals surface area contributed by atoms with Gasteiger partial charge in [0.05, 0.1) is 22.5 Å². The molecule has 10 heteroatoms. The number of pyridine rings is 1. The molecule has 3 aromatic rings. The highest BCUT2D eigenvalue weighted by Crippen LogP contribution is 2.45. The maximum absolute atomic E-state index is 13.5. The van der Waals surface area contributed by atoms with E-state index in [0.29, 0.717) is 44.3 Å². The van der Waals surface area contributed by atoms with Crippen molar-refractivity contribution in [2.24, 2.45) is 4.99 Å². The Labute approximate surface area is 230 Å². The van der Waals surface area contributed by atoms with E-state index in [1.165, 1.54) is 17.4 Å². The summed E-state index contributed by atoms with van der Waals surface area (Å²) in [7, 11) is 0. The molecule has 3 N–H and O–H groups in total. The van der Waals surface area contributed by atoms with Crippen molar-refractivity contribution >= 4 is 63.2 Å². The number of urea groups is 1. The molecule has 198 valence electrons. The third-order valence-electron chi connectivity index (χ3n) is 6.83. The molecule has 2 aliphatic rings. The maximum atomic E-state index is 13.5. The van der Waals surface area contributed by atoms with Crippen LogP contribution >= 0.6 is 11.3 Å². The molecule has 0 saturated heterocycles. The van der Waals surface area contributed by atoms with Gasteiger partial charge in [0.2, 0.25) is 5.91 Å². The van der Waals surface area contributed by atoms with Gasteiger partial charge < -0.3 is 16.0 Å². The number of hydrogen-bond acceptors (Lipinski definition) is 6. The van der Waals surface area contributed by atoms with Crippen LogP contribution in [0.5, 0.6) is 0 Å². The van der Waals surface area contributed by atoms with Gasteiger partial charge in [-0.1, -0.05) is 43.0 Å². The van der Waals surface area contributed by atoms with Crippen LogP contribution in [0.15, 0.2) is 78.1 Å². The Balaban J connectivity index is 1.45. The summed E-state index contributed by atoms with van der Waals surface area (Å²) in [5, 5.41) is 9.59. The zero-order valence-electron chi connectivity index (χ0n) is 21.4. The first-order chi connectivity index (χ1) is 18.9. The Morgan fingerprint density at radius 3 is 2.62 bits per heavy atom. The van der Waals surface area contributed by atoms with Gasteiger partial charge in [-0.15, -0.1) is 11.3 Å². The maximum Gasteiger partial charge on any atom is 0.331 e. The summed E-state index contributed by atoms with van der Waals surface area (Å²) >= 11 is 1.24. The number of aromatic nitrogens is 1. The number of rotatable bonds is 8. The first kappa shape index (κ1) is 26.1. The van der Waals surface area contributed by atoms with Crippen LogP contribution in [0.3, 0.4) is 0 Å². The van der Waals surface area contributed by atoms with Crippen molar-refractivity contribution in [3.63, 3.8) is 0 Å². The van der Waals surface area contributed by atoms with E-state index < -0.39 is 6.03 Å². The van der Waals surface area contributed by atoms with Gasteiger partial charge in [0.15, 0.2) is 0 Å². The van der Waals surface area contributed by atoms with Crippen molar-refractivity contribution < 1.29 is 14.4 Å². The summed E-state index contributed by atoms with van der Waals surface area (Å²) in [4.78, 5) is 49.7. The fourth-order valence-electron chi connectivity index (χ4n) is 5.00. The molecule has 0 bridgehead atoms. The van der Waals surface area contributed by atoms with E-state index in [2.05, 4.69) is 39.2 Å². The van der Waals surface area contributed by atoms with Gasteiger partial charge in [0.1, 0.15) is 9.71 Å². The molecule has 1 aliphatic heterocycles. The average Bonchev–Trinajstić information content (AvgIpc) is 3.55. The molecule has 1 aromatic carbocycles. The lowest BCUT2D eigenvalue weighted by Crippen LogP contribution is -2.38. The number of carbonyl (C=O) groups excluding carboxylic acids is 3. The Morgan fingerprint density at radius 2 is 1.92 bits per heavy atom. The lowest BCUT2D eigenvalue weighted by molar-refractivity contribution is -0.117. The molecule has 1 aliphatic carbocycles. The predicted molar refractivity (Wildman–Crippen MR) is 156 cm³/mol. The monoisotopic (exact) mass is 540 g/mol. The molecular weight excluding hydrogens is 512 g/mol. The van der Waals surface area contributed by atoms with Crippen molar-refractivity contribution in [2.75, 3.05) is 10.2 Å². The van der Waals surface area contributed by atoms with Gasteiger partial charge in [-0.2, -0.15) is 0 Å². The number of amides is 4. The second-order valence-electron chi connectivity index (χ2n) is 9.24. The highest BCUT2D eigenvalue weighted by Gasteiger charge is 2.34. The topological polar surface area (TPSA) is 116 Å². The minimum atomic E-state index is -0.392. The van der Waals surface area contributed by atoms with Crippen molar-refractivity contribution in [1.82, 2.24) is 15.6 Å². The van der Waals surface area contributed by atoms with E-state index in [4.69, 9.17) is 0 Å². The first-order valence-electron chi connectivity index (χ1n) is 12.6. The van der Waals surface area contributed by atoms with E-state index in [9.17, 15) is 14.4 Å².